The third kappa shape index (κ3) is 3.75. The second kappa shape index (κ2) is 7.22. The molecule has 2 aromatic heterocycles. The number of nitrogens with one attached hydrogen (secondary N) is 1. The number of carbonyl (C=O) groups excluding carboxylic acids is 1. The lowest BCUT2D eigenvalue weighted by atomic mass is 10.1. The van der Waals surface area contributed by atoms with Crippen molar-refractivity contribution < 1.29 is 13.6 Å². The number of aromatic nitrogens is 4. The van der Waals surface area contributed by atoms with Gasteiger partial charge < -0.3 is 9.88 Å². The quantitative estimate of drug-likeness (QED) is 0.577. The summed E-state index contributed by atoms with van der Waals surface area (Å²) in [6.07, 6.45) is 3.60. The number of hydrogen-bond donors (Lipinski definition) is 1. The van der Waals surface area contributed by atoms with Crippen molar-refractivity contribution in [1.82, 2.24) is 19.6 Å². The number of hydrogen-bond acceptors (Lipinski definition) is 3. The topological polar surface area (TPSA) is 64.7 Å². The van der Waals surface area contributed by atoms with Gasteiger partial charge in [-0.15, -0.1) is 5.10 Å². The molecule has 0 aliphatic carbocycles. The lowest BCUT2D eigenvalue weighted by Crippen LogP contribution is -2.15. The van der Waals surface area contributed by atoms with Crippen LogP contribution in [0.2, 0.25) is 0 Å². The van der Waals surface area contributed by atoms with Gasteiger partial charge in [0.15, 0.2) is 17.5 Å². The molecule has 2 aromatic carbocycles. The van der Waals surface area contributed by atoms with E-state index in [2.05, 4.69) is 15.5 Å². The molecule has 0 unspecified atom stereocenters. The second-order valence-corrected chi connectivity index (χ2v) is 6.55. The minimum atomic E-state index is -0.923. The van der Waals surface area contributed by atoms with Crippen LogP contribution in [-0.4, -0.2) is 25.5 Å². The Morgan fingerprint density at radius 3 is 2.71 bits per heavy atom. The molecule has 0 bridgehead atoms. The highest BCUT2D eigenvalue weighted by Crippen LogP contribution is 2.17. The highest BCUT2D eigenvalue weighted by Gasteiger charge is 2.10. The molecule has 0 aliphatic heterocycles. The fourth-order valence-corrected chi connectivity index (χ4v) is 3.05. The summed E-state index contributed by atoms with van der Waals surface area (Å²) in [5, 5.41) is 12.0. The molecule has 8 heteroatoms. The van der Waals surface area contributed by atoms with Crippen LogP contribution in [0.5, 0.6) is 0 Å². The SMILES string of the molecule is Cn1ccc2cc(CC(=O)Nc3cnn(Cc4ccc(F)c(F)c4)n3)ccc21. The van der Waals surface area contributed by atoms with Gasteiger partial charge in [-0.2, -0.15) is 9.90 Å². The van der Waals surface area contributed by atoms with Crippen LogP contribution in [0.3, 0.4) is 0 Å². The van der Waals surface area contributed by atoms with Crippen molar-refractivity contribution in [3.63, 3.8) is 0 Å². The summed E-state index contributed by atoms with van der Waals surface area (Å²) in [4.78, 5) is 13.6. The van der Waals surface area contributed by atoms with Crippen molar-refractivity contribution >= 4 is 22.6 Å². The van der Waals surface area contributed by atoms with Crippen molar-refractivity contribution in [3.05, 3.63) is 77.6 Å². The van der Waals surface area contributed by atoms with Crippen LogP contribution in [-0.2, 0) is 24.8 Å². The molecule has 0 fully saturated rings. The predicted molar refractivity (Wildman–Crippen MR) is 101 cm³/mol. The summed E-state index contributed by atoms with van der Waals surface area (Å²) in [6, 6.07) is 11.5. The zero-order chi connectivity index (χ0) is 19.7. The van der Waals surface area contributed by atoms with Gasteiger partial charge in [-0.3, -0.25) is 4.79 Å². The molecule has 0 saturated carbocycles. The molecule has 0 aliphatic rings. The predicted octanol–water partition coefficient (Wildman–Crippen LogP) is 3.28. The van der Waals surface area contributed by atoms with Crippen LogP contribution in [0, 0.1) is 11.6 Å². The zero-order valence-corrected chi connectivity index (χ0v) is 15.1. The number of aryl methyl sites for hydroxylation is 1. The maximum Gasteiger partial charge on any atom is 0.230 e. The minimum Gasteiger partial charge on any atom is -0.351 e. The highest BCUT2D eigenvalue weighted by atomic mass is 19.2. The zero-order valence-electron chi connectivity index (χ0n) is 15.1. The smallest absolute Gasteiger partial charge is 0.230 e. The Labute approximate surface area is 159 Å². The van der Waals surface area contributed by atoms with Crippen LogP contribution in [0.15, 0.2) is 54.9 Å². The number of nitrogens with zero attached hydrogens (tertiary/aromatic N) is 4. The van der Waals surface area contributed by atoms with E-state index in [-0.39, 0.29) is 18.9 Å². The van der Waals surface area contributed by atoms with Gasteiger partial charge in [0.05, 0.1) is 19.2 Å². The van der Waals surface area contributed by atoms with Gasteiger partial charge in [0.25, 0.3) is 0 Å². The average molecular weight is 381 g/mol. The fourth-order valence-electron chi connectivity index (χ4n) is 3.05. The normalized spacial score (nSPS) is 11.1. The molecule has 4 rings (SSSR count). The molecule has 4 aromatic rings. The van der Waals surface area contributed by atoms with E-state index in [4.69, 9.17) is 0 Å². The van der Waals surface area contributed by atoms with Gasteiger partial charge >= 0.3 is 0 Å². The van der Waals surface area contributed by atoms with Crippen LogP contribution < -0.4 is 5.32 Å². The number of rotatable bonds is 5. The molecular formula is C20H17F2N5O. The van der Waals surface area contributed by atoms with Gasteiger partial charge in [-0.1, -0.05) is 12.1 Å². The standard InChI is InChI=1S/C20H17F2N5O/c1-26-7-6-15-8-13(3-5-18(15)26)10-20(28)24-19-11-23-27(25-19)12-14-2-4-16(21)17(22)9-14/h2-9,11H,10,12H2,1H3,(H,24,25,28). The number of halogens is 2. The van der Waals surface area contributed by atoms with Crippen LogP contribution >= 0.6 is 0 Å². The van der Waals surface area contributed by atoms with Crippen molar-refractivity contribution in [3.8, 4) is 0 Å². The van der Waals surface area contributed by atoms with Crippen LogP contribution in [0.1, 0.15) is 11.1 Å². The van der Waals surface area contributed by atoms with Crippen molar-refractivity contribution in [2.24, 2.45) is 7.05 Å². The number of amides is 1. The van der Waals surface area contributed by atoms with E-state index < -0.39 is 11.6 Å². The number of carbonyl (C=O) groups is 1. The molecule has 0 radical (unpaired) electrons. The molecule has 0 saturated heterocycles. The molecular weight excluding hydrogens is 364 g/mol. The molecule has 1 amide bonds. The Bertz CT molecular complexity index is 1160. The Morgan fingerprint density at radius 1 is 1.07 bits per heavy atom. The first-order valence-corrected chi connectivity index (χ1v) is 8.66. The average Bonchev–Trinajstić information content (AvgIpc) is 3.24. The molecule has 0 atom stereocenters. The van der Waals surface area contributed by atoms with E-state index in [1.54, 1.807) is 0 Å². The second-order valence-electron chi connectivity index (χ2n) is 6.55. The summed E-state index contributed by atoms with van der Waals surface area (Å²) in [5.41, 5.74) is 2.51. The van der Waals surface area contributed by atoms with E-state index in [1.807, 2.05) is 42.1 Å². The monoisotopic (exact) mass is 381 g/mol. The van der Waals surface area contributed by atoms with Crippen molar-refractivity contribution in [2.75, 3.05) is 5.32 Å². The number of anilines is 1. The Hall–Kier alpha value is -3.55. The largest absolute Gasteiger partial charge is 0.351 e. The maximum atomic E-state index is 13.3. The third-order valence-electron chi connectivity index (χ3n) is 4.43. The van der Waals surface area contributed by atoms with Gasteiger partial charge in [0.1, 0.15) is 0 Å². The Morgan fingerprint density at radius 2 is 1.89 bits per heavy atom. The first-order valence-electron chi connectivity index (χ1n) is 8.66. The molecule has 0 spiro atoms. The van der Waals surface area contributed by atoms with E-state index in [0.717, 1.165) is 28.6 Å². The summed E-state index contributed by atoms with van der Waals surface area (Å²) in [6.45, 7) is 0.164. The first kappa shape index (κ1) is 17.8. The third-order valence-corrected chi connectivity index (χ3v) is 4.43. The van der Waals surface area contributed by atoms with Gasteiger partial charge in [0, 0.05) is 18.8 Å². The lowest BCUT2D eigenvalue weighted by Gasteiger charge is -2.04. The first-order chi connectivity index (χ1) is 13.5. The summed E-state index contributed by atoms with van der Waals surface area (Å²) >= 11 is 0. The highest BCUT2D eigenvalue weighted by molar-refractivity contribution is 5.92. The van der Waals surface area contributed by atoms with Crippen molar-refractivity contribution in [1.29, 1.82) is 0 Å². The van der Waals surface area contributed by atoms with Crippen LogP contribution in [0.25, 0.3) is 10.9 Å². The number of benzene rings is 2. The summed E-state index contributed by atoms with van der Waals surface area (Å²) in [5.74, 6) is -1.74. The van der Waals surface area contributed by atoms with Crippen molar-refractivity contribution in [2.45, 2.75) is 13.0 Å². The van der Waals surface area contributed by atoms with Gasteiger partial charge in [-0.25, -0.2) is 8.78 Å². The fraction of sp³-hybridized carbons (Fsp3) is 0.150. The molecule has 142 valence electrons. The minimum absolute atomic E-state index is 0.164. The van der Waals surface area contributed by atoms with E-state index in [1.165, 1.54) is 17.1 Å². The molecule has 2 heterocycles. The number of fused-ring (bicyclic) bond motifs is 1. The summed E-state index contributed by atoms with van der Waals surface area (Å²) in [7, 11) is 1.97. The van der Waals surface area contributed by atoms with E-state index in [0.29, 0.717) is 11.4 Å². The van der Waals surface area contributed by atoms with E-state index >= 15 is 0 Å². The summed E-state index contributed by atoms with van der Waals surface area (Å²) < 4.78 is 28.3. The Balaban J connectivity index is 1.39. The maximum absolute atomic E-state index is 13.3. The van der Waals surface area contributed by atoms with Gasteiger partial charge in [0.2, 0.25) is 5.91 Å². The van der Waals surface area contributed by atoms with Crippen LogP contribution in [0.4, 0.5) is 14.6 Å². The Kier molecular flexibility index (Phi) is 4.60. The lowest BCUT2D eigenvalue weighted by molar-refractivity contribution is -0.115. The van der Waals surface area contributed by atoms with E-state index in [9.17, 15) is 13.6 Å². The molecule has 6 nitrogen and oxygen atoms in total. The molecule has 28 heavy (non-hydrogen) atoms. The molecule has 1 N–H and O–H groups in total. The van der Waals surface area contributed by atoms with Gasteiger partial charge in [-0.05, 0) is 46.8 Å².